The summed E-state index contributed by atoms with van der Waals surface area (Å²) >= 11 is 0. The molecular weight excluding hydrogens is 280 g/mol. The third-order valence-electron chi connectivity index (χ3n) is 3.84. The average molecular weight is 302 g/mol. The van der Waals surface area contributed by atoms with Gasteiger partial charge >= 0.3 is 0 Å². The smallest absolute Gasteiger partial charge is 0.239 e. The molecular formula is C16H22N4O2. The van der Waals surface area contributed by atoms with Crippen LogP contribution in [0.1, 0.15) is 13.8 Å². The molecule has 6 nitrogen and oxygen atoms in total. The number of aromatic nitrogens is 1. The van der Waals surface area contributed by atoms with Crippen molar-refractivity contribution in [2.24, 2.45) is 11.7 Å². The van der Waals surface area contributed by atoms with Crippen LogP contribution in [-0.2, 0) is 16.1 Å². The Morgan fingerprint density at radius 1 is 1.27 bits per heavy atom. The van der Waals surface area contributed by atoms with Gasteiger partial charge < -0.3 is 20.9 Å². The normalized spacial score (nSPS) is 13.6. The minimum atomic E-state index is -0.270. The van der Waals surface area contributed by atoms with E-state index in [4.69, 9.17) is 5.73 Å². The van der Waals surface area contributed by atoms with E-state index in [1.165, 1.54) is 0 Å². The highest BCUT2D eigenvalue weighted by atomic mass is 16.2. The molecule has 0 aliphatic heterocycles. The van der Waals surface area contributed by atoms with E-state index in [9.17, 15) is 9.59 Å². The molecule has 0 bridgehead atoms. The van der Waals surface area contributed by atoms with Gasteiger partial charge in [0.25, 0.3) is 0 Å². The first-order valence-corrected chi connectivity index (χ1v) is 7.28. The molecule has 2 amide bonds. The second kappa shape index (κ2) is 6.62. The summed E-state index contributed by atoms with van der Waals surface area (Å²) in [5.74, 6) is -0.454. The largest absolute Gasteiger partial charge is 0.358 e. The standard InChI is InChI=1S/C16H22N4O2/c1-10(11(2)17)16(22)19-13-5-4-12-6-7-20(14(12)8-13)9-15(21)18-3/h4-8,10-11H,9,17H2,1-3H3,(H,18,21)(H,19,22). The molecule has 0 fully saturated rings. The van der Waals surface area contributed by atoms with Crippen LogP contribution in [0.3, 0.4) is 0 Å². The molecule has 2 rings (SSSR count). The summed E-state index contributed by atoms with van der Waals surface area (Å²) in [6, 6.07) is 7.36. The first-order valence-electron chi connectivity index (χ1n) is 7.28. The van der Waals surface area contributed by atoms with Crippen molar-refractivity contribution in [2.45, 2.75) is 26.4 Å². The van der Waals surface area contributed by atoms with Crippen molar-refractivity contribution in [1.82, 2.24) is 9.88 Å². The van der Waals surface area contributed by atoms with Crippen molar-refractivity contribution >= 4 is 28.4 Å². The third-order valence-corrected chi connectivity index (χ3v) is 3.84. The summed E-state index contributed by atoms with van der Waals surface area (Å²) in [5.41, 5.74) is 7.34. The maximum Gasteiger partial charge on any atom is 0.239 e. The Labute approximate surface area is 129 Å². The van der Waals surface area contributed by atoms with Gasteiger partial charge in [0.1, 0.15) is 6.54 Å². The van der Waals surface area contributed by atoms with E-state index >= 15 is 0 Å². The van der Waals surface area contributed by atoms with Crippen molar-refractivity contribution in [3.8, 4) is 0 Å². The van der Waals surface area contributed by atoms with Gasteiger partial charge in [-0.15, -0.1) is 0 Å². The molecule has 0 aliphatic rings. The van der Waals surface area contributed by atoms with Crippen molar-refractivity contribution in [3.63, 3.8) is 0 Å². The molecule has 6 heteroatoms. The van der Waals surface area contributed by atoms with Gasteiger partial charge in [-0.25, -0.2) is 0 Å². The SMILES string of the molecule is CNC(=O)Cn1ccc2ccc(NC(=O)C(C)C(C)N)cc21. The van der Waals surface area contributed by atoms with E-state index in [-0.39, 0.29) is 30.3 Å². The fourth-order valence-corrected chi connectivity index (χ4v) is 2.13. The monoisotopic (exact) mass is 302 g/mol. The Kier molecular flexibility index (Phi) is 4.82. The number of hydrogen-bond acceptors (Lipinski definition) is 3. The van der Waals surface area contributed by atoms with E-state index in [0.717, 1.165) is 10.9 Å². The van der Waals surface area contributed by atoms with Gasteiger partial charge in [-0.05, 0) is 30.5 Å². The van der Waals surface area contributed by atoms with Crippen LogP contribution in [0, 0.1) is 5.92 Å². The number of likely N-dealkylation sites (N-methyl/N-ethyl adjacent to an activating group) is 1. The molecule has 0 radical (unpaired) electrons. The lowest BCUT2D eigenvalue weighted by atomic mass is 10.0. The van der Waals surface area contributed by atoms with Crippen LogP contribution in [0.25, 0.3) is 10.9 Å². The lowest BCUT2D eigenvalue weighted by Gasteiger charge is -2.15. The maximum absolute atomic E-state index is 12.1. The highest BCUT2D eigenvalue weighted by Crippen LogP contribution is 2.21. The maximum atomic E-state index is 12.1. The molecule has 4 N–H and O–H groups in total. The van der Waals surface area contributed by atoms with Gasteiger partial charge in [-0.3, -0.25) is 9.59 Å². The molecule has 1 aromatic carbocycles. The van der Waals surface area contributed by atoms with E-state index in [2.05, 4.69) is 10.6 Å². The Morgan fingerprint density at radius 2 is 2.00 bits per heavy atom. The Balaban J connectivity index is 2.23. The van der Waals surface area contributed by atoms with Crippen LogP contribution in [-0.4, -0.2) is 29.5 Å². The summed E-state index contributed by atoms with van der Waals surface area (Å²) in [6.07, 6.45) is 1.86. The number of nitrogens with zero attached hydrogens (tertiary/aromatic N) is 1. The fraction of sp³-hybridized carbons (Fsp3) is 0.375. The minimum Gasteiger partial charge on any atom is -0.358 e. The molecule has 22 heavy (non-hydrogen) atoms. The van der Waals surface area contributed by atoms with Gasteiger partial charge in [0, 0.05) is 25.0 Å². The summed E-state index contributed by atoms with van der Waals surface area (Å²) in [7, 11) is 1.61. The Hall–Kier alpha value is -2.34. The molecule has 1 aromatic heterocycles. The zero-order valence-corrected chi connectivity index (χ0v) is 13.1. The van der Waals surface area contributed by atoms with E-state index in [1.54, 1.807) is 14.0 Å². The van der Waals surface area contributed by atoms with Gasteiger partial charge in [0.15, 0.2) is 0 Å². The van der Waals surface area contributed by atoms with E-state index in [1.807, 2.05) is 42.0 Å². The second-order valence-corrected chi connectivity index (χ2v) is 5.53. The minimum absolute atomic E-state index is 0.0717. The van der Waals surface area contributed by atoms with Crippen molar-refractivity contribution in [3.05, 3.63) is 30.5 Å². The first-order chi connectivity index (χ1) is 10.4. The summed E-state index contributed by atoms with van der Waals surface area (Å²) < 4.78 is 1.85. The van der Waals surface area contributed by atoms with Gasteiger partial charge in [-0.1, -0.05) is 13.0 Å². The quantitative estimate of drug-likeness (QED) is 0.778. The van der Waals surface area contributed by atoms with Crippen molar-refractivity contribution in [1.29, 1.82) is 0 Å². The highest BCUT2D eigenvalue weighted by Gasteiger charge is 2.17. The number of amides is 2. The van der Waals surface area contributed by atoms with Crippen LogP contribution in [0.5, 0.6) is 0 Å². The van der Waals surface area contributed by atoms with E-state index < -0.39 is 0 Å². The van der Waals surface area contributed by atoms with Gasteiger partial charge in [-0.2, -0.15) is 0 Å². The lowest BCUT2D eigenvalue weighted by molar-refractivity contribution is -0.121. The summed E-state index contributed by atoms with van der Waals surface area (Å²) in [6.45, 7) is 3.85. The van der Waals surface area contributed by atoms with Crippen LogP contribution in [0.4, 0.5) is 5.69 Å². The van der Waals surface area contributed by atoms with E-state index in [0.29, 0.717) is 5.69 Å². The predicted octanol–water partition coefficient (Wildman–Crippen LogP) is 1.31. The lowest BCUT2D eigenvalue weighted by Crippen LogP contribution is -2.34. The molecule has 2 aromatic rings. The van der Waals surface area contributed by atoms with Gasteiger partial charge in [0.2, 0.25) is 11.8 Å². The van der Waals surface area contributed by atoms with Crippen LogP contribution < -0.4 is 16.4 Å². The number of carbonyl (C=O) groups excluding carboxylic acids is 2. The Morgan fingerprint density at radius 3 is 2.64 bits per heavy atom. The van der Waals surface area contributed by atoms with Crippen molar-refractivity contribution in [2.75, 3.05) is 12.4 Å². The third kappa shape index (κ3) is 3.46. The fourth-order valence-electron chi connectivity index (χ4n) is 2.13. The predicted molar refractivity (Wildman–Crippen MR) is 87.4 cm³/mol. The number of benzene rings is 1. The Bertz CT molecular complexity index is 691. The number of carbonyl (C=O) groups is 2. The first kappa shape index (κ1) is 16.0. The number of anilines is 1. The molecule has 0 saturated heterocycles. The highest BCUT2D eigenvalue weighted by molar-refractivity contribution is 5.95. The summed E-state index contributed by atoms with van der Waals surface area (Å²) in [5, 5.41) is 6.48. The molecule has 2 unspecified atom stereocenters. The van der Waals surface area contributed by atoms with Crippen LogP contribution >= 0.6 is 0 Å². The molecule has 1 heterocycles. The zero-order valence-electron chi connectivity index (χ0n) is 13.1. The number of nitrogens with two attached hydrogens (primary N) is 1. The number of rotatable bonds is 5. The topological polar surface area (TPSA) is 89.2 Å². The molecule has 0 aliphatic carbocycles. The molecule has 118 valence electrons. The van der Waals surface area contributed by atoms with Crippen molar-refractivity contribution < 1.29 is 9.59 Å². The zero-order chi connectivity index (χ0) is 16.3. The average Bonchev–Trinajstić information content (AvgIpc) is 2.88. The summed E-state index contributed by atoms with van der Waals surface area (Å²) in [4.78, 5) is 23.6. The number of nitrogens with one attached hydrogen (secondary N) is 2. The molecule has 0 saturated carbocycles. The number of hydrogen-bond donors (Lipinski definition) is 3. The van der Waals surface area contributed by atoms with Crippen LogP contribution in [0.15, 0.2) is 30.5 Å². The van der Waals surface area contributed by atoms with Crippen LogP contribution in [0.2, 0.25) is 0 Å². The number of fused-ring (bicyclic) bond motifs is 1. The molecule has 2 atom stereocenters. The second-order valence-electron chi connectivity index (χ2n) is 5.53. The van der Waals surface area contributed by atoms with Gasteiger partial charge in [0.05, 0.1) is 11.4 Å². The molecule has 0 spiro atoms.